The minimum Gasteiger partial charge on any atom is -0.386 e. The summed E-state index contributed by atoms with van der Waals surface area (Å²) in [6.07, 6.45) is -0.595. The molecule has 4 nitrogen and oxygen atoms in total. The Balaban J connectivity index is 2.43. The van der Waals surface area contributed by atoms with Crippen LogP contribution in [-0.2, 0) is 9.53 Å². The molecule has 20 heavy (non-hydrogen) atoms. The van der Waals surface area contributed by atoms with Crippen molar-refractivity contribution in [1.29, 1.82) is 0 Å². The first-order valence-corrected chi connectivity index (χ1v) is 7.17. The van der Waals surface area contributed by atoms with E-state index in [2.05, 4.69) is 5.32 Å². The number of hydrogen-bond donors (Lipinski definition) is 2. The average molecular weight is 320 g/mol. The smallest absolute Gasteiger partial charge is 0.222 e. The number of carbonyl (C=O) groups excluding carboxylic acids is 1. The fourth-order valence-corrected chi connectivity index (χ4v) is 2.27. The monoisotopic (exact) mass is 319 g/mol. The molecule has 0 aromatic heterocycles. The van der Waals surface area contributed by atoms with E-state index >= 15 is 0 Å². The molecule has 0 saturated carbocycles. The molecule has 0 heterocycles. The third kappa shape index (κ3) is 5.67. The highest BCUT2D eigenvalue weighted by Gasteiger charge is 2.16. The molecule has 0 bridgehead atoms. The summed E-state index contributed by atoms with van der Waals surface area (Å²) >= 11 is 12.0. The van der Waals surface area contributed by atoms with E-state index in [0.29, 0.717) is 22.2 Å². The van der Waals surface area contributed by atoms with Gasteiger partial charge in [-0.2, -0.15) is 0 Å². The van der Waals surface area contributed by atoms with Crippen molar-refractivity contribution in [3.63, 3.8) is 0 Å². The number of rotatable bonds is 7. The summed E-state index contributed by atoms with van der Waals surface area (Å²) in [6, 6.07) is 4.98. The first kappa shape index (κ1) is 17.2. The van der Waals surface area contributed by atoms with Gasteiger partial charge in [-0.1, -0.05) is 29.3 Å². The van der Waals surface area contributed by atoms with E-state index < -0.39 is 6.10 Å². The van der Waals surface area contributed by atoms with Crippen molar-refractivity contribution in [3.05, 3.63) is 33.8 Å². The fourth-order valence-electron chi connectivity index (χ4n) is 1.62. The van der Waals surface area contributed by atoms with E-state index in [-0.39, 0.29) is 25.0 Å². The van der Waals surface area contributed by atoms with E-state index in [1.807, 2.05) is 13.8 Å². The SMILES string of the molecule is CC(C)OCCC(=O)NC[C@H](O)c1c(Cl)cccc1Cl. The summed E-state index contributed by atoms with van der Waals surface area (Å²) in [4.78, 5) is 11.6. The van der Waals surface area contributed by atoms with E-state index in [4.69, 9.17) is 27.9 Å². The largest absolute Gasteiger partial charge is 0.386 e. The number of hydrogen-bond acceptors (Lipinski definition) is 3. The van der Waals surface area contributed by atoms with Gasteiger partial charge in [0, 0.05) is 28.6 Å². The van der Waals surface area contributed by atoms with Gasteiger partial charge in [0.2, 0.25) is 5.91 Å². The first-order chi connectivity index (χ1) is 9.41. The van der Waals surface area contributed by atoms with Crippen LogP contribution >= 0.6 is 23.2 Å². The quantitative estimate of drug-likeness (QED) is 0.812. The molecule has 0 saturated heterocycles. The minimum atomic E-state index is -0.939. The molecule has 0 fully saturated rings. The van der Waals surface area contributed by atoms with Crippen molar-refractivity contribution < 1.29 is 14.6 Å². The summed E-state index contributed by atoms with van der Waals surface area (Å²) in [6.45, 7) is 4.22. The Bertz CT molecular complexity index is 432. The molecule has 6 heteroatoms. The third-order valence-electron chi connectivity index (χ3n) is 2.61. The van der Waals surface area contributed by atoms with Gasteiger partial charge >= 0.3 is 0 Å². The lowest BCUT2D eigenvalue weighted by atomic mass is 10.1. The average Bonchev–Trinajstić information content (AvgIpc) is 2.35. The van der Waals surface area contributed by atoms with Crippen LogP contribution in [0.15, 0.2) is 18.2 Å². The highest BCUT2D eigenvalue weighted by molar-refractivity contribution is 6.36. The highest BCUT2D eigenvalue weighted by Crippen LogP contribution is 2.29. The normalized spacial score (nSPS) is 12.5. The Morgan fingerprint density at radius 3 is 2.50 bits per heavy atom. The van der Waals surface area contributed by atoms with Gasteiger partial charge < -0.3 is 15.2 Å². The van der Waals surface area contributed by atoms with Gasteiger partial charge in [-0.3, -0.25) is 4.79 Å². The van der Waals surface area contributed by atoms with Gasteiger partial charge in [0.05, 0.1) is 18.8 Å². The summed E-state index contributed by atoms with van der Waals surface area (Å²) in [5, 5.41) is 13.4. The lowest BCUT2D eigenvalue weighted by molar-refractivity contribution is -0.122. The second-order valence-corrected chi connectivity index (χ2v) is 5.44. The molecule has 0 aliphatic heterocycles. The molecule has 112 valence electrons. The topological polar surface area (TPSA) is 58.6 Å². The van der Waals surface area contributed by atoms with Crippen LogP contribution in [0.3, 0.4) is 0 Å². The standard InChI is InChI=1S/C14H19Cl2NO3/c1-9(2)20-7-6-13(19)17-8-12(18)14-10(15)4-3-5-11(14)16/h3-5,9,12,18H,6-8H2,1-2H3,(H,17,19)/t12-/m0/s1. The predicted octanol–water partition coefficient (Wildman–Crippen LogP) is 2.96. The number of benzene rings is 1. The molecule has 0 aliphatic rings. The van der Waals surface area contributed by atoms with Gasteiger partial charge in [0.15, 0.2) is 0 Å². The zero-order valence-electron chi connectivity index (χ0n) is 11.5. The minimum absolute atomic E-state index is 0.0595. The number of amides is 1. The fraction of sp³-hybridized carbons (Fsp3) is 0.500. The maximum absolute atomic E-state index is 11.6. The van der Waals surface area contributed by atoms with E-state index in [1.54, 1.807) is 18.2 Å². The highest BCUT2D eigenvalue weighted by atomic mass is 35.5. The molecule has 1 aromatic rings. The van der Waals surface area contributed by atoms with Crippen molar-refractivity contribution in [1.82, 2.24) is 5.32 Å². The van der Waals surface area contributed by atoms with Crippen LogP contribution in [0.25, 0.3) is 0 Å². The first-order valence-electron chi connectivity index (χ1n) is 6.42. The predicted molar refractivity (Wildman–Crippen MR) is 80.1 cm³/mol. The van der Waals surface area contributed by atoms with Crippen LogP contribution in [0, 0.1) is 0 Å². The number of nitrogens with one attached hydrogen (secondary N) is 1. The number of aliphatic hydroxyl groups excluding tert-OH is 1. The van der Waals surface area contributed by atoms with Crippen molar-refractivity contribution in [2.75, 3.05) is 13.2 Å². The Hall–Kier alpha value is -0.810. The molecule has 0 radical (unpaired) electrons. The summed E-state index contributed by atoms with van der Waals surface area (Å²) in [5.41, 5.74) is 0.426. The van der Waals surface area contributed by atoms with Crippen LogP contribution in [0.5, 0.6) is 0 Å². The Morgan fingerprint density at radius 1 is 1.35 bits per heavy atom. The maximum atomic E-state index is 11.6. The van der Waals surface area contributed by atoms with E-state index in [9.17, 15) is 9.90 Å². The van der Waals surface area contributed by atoms with Gasteiger partial charge in [-0.25, -0.2) is 0 Å². The molecule has 1 amide bonds. The summed E-state index contributed by atoms with van der Waals surface area (Å²) < 4.78 is 5.28. The molecular formula is C14H19Cl2NO3. The third-order valence-corrected chi connectivity index (χ3v) is 3.26. The zero-order valence-corrected chi connectivity index (χ0v) is 13.0. The van der Waals surface area contributed by atoms with Crippen LogP contribution in [0.4, 0.5) is 0 Å². The van der Waals surface area contributed by atoms with Gasteiger partial charge in [0.1, 0.15) is 0 Å². The molecule has 1 rings (SSSR count). The lowest BCUT2D eigenvalue weighted by Gasteiger charge is -2.15. The van der Waals surface area contributed by atoms with Crippen LogP contribution in [0.1, 0.15) is 31.9 Å². The van der Waals surface area contributed by atoms with Crippen molar-refractivity contribution in [2.45, 2.75) is 32.5 Å². The number of halogens is 2. The van der Waals surface area contributed by atoms with Crippen LogP contribution in [-0.4, -0.2) is 30.3 Å². The van der Waals surface area contributed by atoms with Gasteiger partial charge in [-0.05, 0) is 26.0 Å². The van der Waals surface area contributed by atoms with Crippen molar-refractivity contribution in [3.8, 4) is 0 Å². The second kappa shape index (κ2) is 8.47. The molecule has 1 atom stereocenters. The molecule has 0 unspecified atom stereocenters. The Kier molecular flexibility index (Phi) is 7.30. The lowest BCUT2D eigenvalue weighted by Crippen LogP contribution is -2.29. The molecule has 1 aromatic carbocycles. The number of carbonyl (C=O) groups is 1. The molecule has 0 spiro atoms. The summed E-state index contributed by atoms with van der Waals surface area (Å²) in [7, 11) is 0. The van der Waals surface area contributed by atoms with Crippen LogP contribution < -0.4 is 5.32 Å². The van der Waals surface area contributed by atoms with Gasteiger partial charge in [-0.15, -0.1) is 0 Å². The summed E-state index contributed by atoms with van der Waals surface area (Å²) in [5.74, 6) is -0.187. The van der Waals surface area contributed by atoms with E-state index in [1.165, 1.54) is 0 Å². The number of aliphatic hydroxyl groups is 1. The molecular weight excluding hydrogens is 301 g/mol. The Morgan fingerprint density at radius 2 is 1.95 bits per heavy atom. The molecule has 0 aliphatic carbocycles. The van der Waals surface area contributed by atoms with Crippen LogP contribution in [0.2, 0.25) is 10.0 Å². The second-order valence-electron chi connectivity index (χ2n) is 4.62. The van der Waals surface area contributed by atoms with Gasteiger partial charge in [0.25, 0.3) is 0 Å². The Labute approximate surface area is 129 Å². The van der Waals surface area contributed by atoms with E-state index in [0.717, 1.165) is 0 Å². The van der Waals surface area contributed by atoms with Crippen molar-refractivity contribution in [2.24, 2.45) is 0 Å². The van der Waals surface area contributed by atoms with Crippen molar-refractivity contribution >= 4 is 29.1 Å². The maximum Gasteiger partial charge on any atom is 0.222 e. The number of ether oxygens (including phenoxy) is 1. The zero-order chi connectivity index (χ0) is 15.1. The molecule has 2 N–H and O–H groups in total.